The molecule has 108 valence electrons. The largest absolute Gasteiger partial charge is 0.372 e. The molecule has 0 fully saturated rings. The second kappa shape index (κ2) is 8.47. The minimum atomic E-state index is -0.404. The van der Waals surface area contributed by atoms with Crippen molar-refractivity contribution in [3.63, 3.8) is 0 Å². The van der Waals surface area contributed by atoms with Crippen LogP contribution in [0.25, 0.3) is 0 Å². The predicted molar refractivity (Wildman–Crippen MR) is 79.3 cm³/mol. The number of hydrogen-bond donors (Lipinski definition) is 3. The lowest BCUT2D eigenvalue weighted by atomic mass is 10.2. The molecular weight excluding hydrogens is 302 g/mol. The minimum absolute atomic E-state index is 0.0187. The Labute approximate surface area is 126 Å². The highest BCUT2D eigenvalue weighted by molar-refractivity contribution is 7.80. The molecule has 6 nitrogen and oxygen atoms in total. The van der Waals surface area contributed by atoms with Gasteiger partial charge in [0.25, 0.3) is 11.8 Å². The summed E-state index contributed by atoms with van der Waals surface area (Å²) in [5.41, 5.74) is 5.09. The maximum atomic E-state index is 11.8. The van der Waals surface area contributed by atoms with Gasteiger partial charge in [-0.05, 0) is 43.4 Å². The first-order chi connectivity index (χ1) is 9.52. The predicted octanol–water partition coefficient (Wildman–Crippen LogP) is 1.01. The third-order valence-electron chi connectivity index (χ3n) is 2.09. The van der Waals surface area contributed by atoms with Crippen molar-refractivity contribution in [1.29, 1.82) is 0 Å². The van der Waals surface area contributed by atoms with Gasteiger partial charge in [-0.3, -0.25) is 25.8 Å². The molecule has 1 aromatic carbocycles. The number of hydrazine groups is 1. The number of ether oxygens (including phenoxy) is 1. The van der Waals surface area contributed by atoms with Crippen LogP contribution in [0.4, 0.5) is 0 Å². The van der Waals surface area contributed by atoms with Crippen LogP contribution >= 0.6 is 23.8 Å². The van der Waals surface area contributed by atoms with E-state index in [2.05, 4.69) is 16.2 Å². The van der Waals surface area contributed by atoms with Crippen molar-refractivity contribution in [2.24, 2.45) is 0 Å². The number of benzene rings is 1. The van der Waals surface area contributed by atoms with Crippen LogP contribution in [0.15, 0.2) is 24.3 Å². The number of carbonyl (C=O) groups is 2. The highest BCUT2D eigenvalue weighted by atomic mass is 35.5. The molecule has 3 N–H and O–H groups in total. The van der Waals surface area contributed by atoms with Crippen molar-refractivity contribution < 1.29 is 14.3 Å². The van der Waals surface area contributed by atoms with E-state index >= 15 is 0 Å². The third-order valence-corrected chi connectivity index (χ3v) is 2.54. The fraction of sp³-hybridized carbons (Fsp3) is 0.250. The molecule has 0 bridgehead atoms. The van der Waals surface area contributed by atoms with Gasteiger partial charge in [-0.1, -0.05) is 11.6 Å². The summed E-state index contributed by atoms with van der Waals surface area (Å²) in [4.78, 5) is 23.0. The summed E-state index contributed by atoms with van der Waals surface area (Å²) in [7, 11) is 0. The second-order valence-electron chi connectivity index (χ2n) is 3.60. The molecule has 8 heteroatoms. The maximum Gasteiger partial charge on any atom is 0.264 e. The van der Waals surface area contributed by atoms with Gasteiger partial charge in [0.2, 0.25) is 0 Å². The fourth-order valence-corrected chi connectivity index (χ4v) is 1.43. The van der Waals surface area contributed by atoms with Gasteiger partial charge in [0, 0.05) is 17.2 Å². The van der Waals surface area contributed by atoms with Gasteiger partial charge in [0.1, 0.15) is 6.61 Å². The Kier molecular flexibility index (Phi) is 6.92. The van der Waals surface area contributed by atoms with E-state index in [0.717, 1.165) is 0 Å². The highest BCUT2D eigenvalue weighted by Gasteiger charge is 2.08. The molecule has 0 unspecified atom stereocenters. The van der Waals surface area contributed by atoms with Crippen LogP contribution in [-0.4, -0.2) is 30.1 Å². The van der Waals surface area contributed by atoms with E-state index < -0.39 is 11.8 Å². The Morgan fingerprint density at radius 2 is 1.90 bits per heavy atom. The second-order valence-corrected chi connectivity index (χ2v) is 4.45. The van der Waals surface area contributed by atoms with E-state index in [1.165, 1.54) is 0 Å². The van der Waals surface area contributed by atoms with Crippen LogP contribution in [0.5, 0.6) is 0 Å². The van der Waals surface area contributed by atoms with E-state index in [0.29, 0.717) is 17.2 Å². The quantitative estimate of drug-likeness (QED) is 0.571. The number of thiocarbonyl (C=S) groups is 1. The average Bonchev–Trinajstić information content (AvgIpc) is 2.43. The minimum Gasteiger partial charge on any atom is -0.372 e. The summed E-state index contributed by atoms with van der Waals surface area (Å²) < 4.78 is 4.89. The topological polar surface area (TPSA) is 79.5 Å². The summed E-state index contributed by atoms with van der Waals surface area (Å²) in [6, 6.07) is 6.31. The van der Waals surface area contributed by atoms with Gasteiger partial charge in [-0.25, -0.2) is 0 Å². The molecule has 0 spiro atoms. The number of halogens is 1. The maximum absolute atomic E-state index is 11.8. The smallest absolute Gasteiger partial charge is 0.264 e. The van der Waals surface area contributed by atoms with Crippen LogP contribution in [0.1, 0.15) is 17.3 Å². The van der Waals surface area contributed by atoms with E-state index in [4.69, 9.17) is 28.6 Å². The van der Waals surface area contributed by atoms with Gasteiger partial charge >= 0.3 is 0 Å². The lowest BCUT2D eigenvalue weighted by molar-refractivity contribution is -0.126. The number of amides is 2. The first-order valence-corrected chi connectivity index (χ1v) is 6.55. The van der Waals surface area contributed by atoms with E-state index in [9.17, 15) is 9.59 Å². The molecule has 2 amide bonds. The average molecular weight is 316 g/mol. The lowest BCUT2D eigenvalue weighted by Crippen LogP contribution is -2.49. The zero-order chi connectivity index (χ0) is 15.0. The molecule has 0 saturated carbocycles. The van der Waals surface area contributed by atoms with Gasteiger partial charge in [-0.15, -0.1) is 0 Å². The van der Waals surface area contributed by atoms with Crippen molar-refractivity contribution >= 4 is 40.7 Å². The molecule has 1 aromatic rings. The molecule has 0 aliphatic carbocycles. The summed E-state index contributed by atoms with van der Waals surface area (Å²) in [6.07, 6.45) is 0. The first-order valence-electron chi connectivity index (χ1n) is 5.76. The number of nitrogens with one attached hydrogen (secondary N) is 3. The number of hydrogen-bond acceptors (Lipinski definition) is 4. The van der Waals surface area contributed by atoms with Crippen molar-refractivity contribution in [3.05, 3.63) is 34.9 Å². The Bertz CT molecular complexity index is 493. The van der Waals surface area contributed by atoms with E-state index in [1.54, 1.807) is 31.2 Å². The molecule has 0 heterocycles. The third kappa shape index (κ3) is 5.96. The normalized spacial score (nSPS) is 9.70. The zero-order valence-corrected chi connectivity index (χ0v) is 12.3. The van der Waals surface area contributed by atoms with Gasteiger partial charge in [-0.2, -0.15) is 0 Å². The van der Waals surface area contributed by atoms with E-state index in [1.807, 2.05) is 0 Å². The van der Waals surface area contributed by atoms with Crippen LogP contribution in [0.2, 0.25) is 5.02 Å². The zero-order valence-electron chi connectivity index (χ0n) is 10.7. The number of carbonyl (C=O) groups excluding carboxylic acids is 2. The van der Waals surface area contributed by atoms with Gasteiger partial charge in [0.15, 0.2) is 5.11 Å². The molecule has 1 rings (SSSR count). The Morgan fingerprint density at radius 3 is 2.50 bits per heavy atom. The Hall–Kier alpha value is -1.70. The van der Waals surface area contributed by atoms with Crippen molar-refractivity contribution in [2.45, 2.75) is 6.92 Å². The molecular formula is C12H14ClN3O3S. The van der Waals surface area contributed by atoms with Gasteiger partial charge in [0.05, 0.1) is 0 Å². The van der Waals surface area contributed by atoms with Crippen LogP contribution in [0, 0.1) is 0 Å². The number of rotatable bonds is 4. The standard InChI is InChI=1S/C12H14ClN3O3S/c1-2-19-7-10(17)15-16-12(20)14-11(18)8-3-5-9(13)6-4-8/h3-6H,2,7H2,1H3,(H,15,17)(H2,14,16,18,20). The molecule has 0 aliphatic heterocycles. The molecule has 0 aliphatic rings. The van der Waals surface area contributed by atoms with Crippen LogP contribution in [0.3, 0.4) is 0 Å². The monoisotopic (exact) mass is 315 g/mol. The molecule has 0 atom stereocenters. The van der Waals surface area contributed by atoms with Crippen LogP contribution in [-0.2, 0) is 9.53 Å². The van der Waals surface area contributed by atoms with Crippen LogP contribution < -0.4 is 16.2 Å². The SMILES string of the molecule is CCOCC(=O)NNC(=S)NC(=O)c1ccc(Cl)cc1. The summed E-state index contributed by atoms with van der Waals surface area (Å²) in [5, 5.41) is 2.92. The first kappa shape index (κ1) is 16.4. The van der Waals surface area contributed by atoms with E-state index in [-0.39, 0.29) is 11.7 Å². The lowest BCUT2D eigenvalue weighted by Gasteiger charge is -2.10. The molecule has 0 saturated heterocycles. The highest BCUT2D eigenvalue weighted by Crippen LogP contribution is 2.09. The molecule has 20 heavy (non-hydrogen) atoms. The summed E-state index contributed by atoms with van der Waals surface area (Å²) >= 11 is 10.6. The molecule has 0 aromatic heterocycles. The van der Waals surface area contributed by atoms with Gasteiger partial charge < -0.3 is 4.74 Å². The molecule has 0 radical (unpaired) electrons. The van der Waals surface area contributed by atoms with Crippen molar-refractivity contribution in [1.82, 2.24) is 16.2 Å². The summed E-state index contributed by atoms with van der Waals surface area (Å²) in [5.74, 6) is -0.798. The fourth-order valence-electron chi connectivity index (χ4n) is 1.17. The van der Waals surface area contributed by atoms with Crippen molar-refractivity contribution in [2.75, 3.05) is 13.2 Å². The summed E-state index contributed by atoms with van der Waals surface area (Å²) in [6.45, 7) is 2.13. The van der Waals surface area contributed by atoms with Crippen molar-refractivity contribution in [3.8, 4) is 0 Å². The Balaban J connectivity index is 2.36. The Morgan fingerprint density at radius 1 is 1.25 bits per heavy atom.